The molecule has 0 aromatic heterocycles. The highest BCUT2D eigenvalue weighted by molar-refractivity contribution is 7.81. The lowest BCUT2D eigenvalue weighted by molar-refractivity contribution is -0.384. The maximum atomic E-state index is 11.7. The molecule has 0 radical (unpaired) electrons. The van der Waals surface area contributed by atoms with Crippen LogP contribution in [0.2, 0.25) is 0 Å². The third kappa shape index (κ3) is 5.04. The Balaban J connectivity index is 2.60. The first kappa shape index (κ1) is 15.0. The smallest absolute Gasteiger partial charge is 0.413 e. The van der Waals surface area contributed by atoms with Crippen LogP contribution in [0.25, 0.3) is 0 Å². The molecule has 6 nitrogen and oxygen atoms in total. The van der Waals surface area contributed by atoms with Crippen LogP contribution in [0.3, 0.4) is 0 Å². The van der Waals surface area contributed by atoms with E-state index < -0.39 is 11.9 Å². The Hall–Kier alpha value is -1.10. The highest BCUT2D eigenvalue weighted by Crippen LogP contribution is 2.53. The zero-order valence-corrected chi connectivity index (χ0v) is 11.4. The molecule has 0 bridgehead atoms. The fraction of sp³-hybridized carbons (Fsp3) is 0.400. The minimum atomic E-state index is -3.68. The molecule has 1 atom stereocenters. The fourth-order valence-corrected chi connectivity index (χ4v) is 2.32. The van der Waals surface area contributed by atoms with E-state index in [9.17, 15) is 14.7 Å². The van der Waals surface area contributed by atoms with Crippen molar-refractivity contribution in [3.8, 4) is 5.75 Å². The van der Waals surface area contributed by atoms with Crippen LogP contribution in [0.15, 0.2) is 24.3 Å². The lowest BCUT2D eigenvalue weighted by Crippen LogP contribution is -1.95. The molecule has 0 saturated heterocycles. The summed E-state index contributed by atoms with van der Waals surface area (Å²) in [7, 11) is 0. The summed E-state index contributed by atoms with van der Waals surface area (Å²) in [5.74, 6) is 0.162. The average Bonchev–Trinajstić information content (AvgIpc) is 2.29. The standard InChI is InChI=1S/C10H13ClNO5P/c1-2-3-8-16-18(11,15)17-10-6-4-9(5-7-10)12(13)14/h4-7H,2-3,8H2,1H3. The van der Waals surface area contributed by atoms with Gasteiger partial charge in [-0.3, -0.25) is 14.6 Å². The molecule has 1 unspecified atom stereocenters. The lowest BCUT2D eigenvalue weighted by Gasteiger charge is -2.12. The Morgan fingerprint density at radius 2 is 2.00 bits per heavy atom. The van der Waals surface area contributed by atoms with E-state index in [-0.39, 0.29) is 18.0 Å². The summed E-state index contributed by atoms with van der Waals surface area (Å²) in [6.07, 6.45) is 1.61. The van der Waals surface area contributed by atoms with Crippen LogP contribution in [0, 0.1) is 10.1 Å². The monoisotopic (exact) mass is 293 g/mol. The molecule has 0 aliphatic heterocycles. The summed E-state index contributed by atoms with van der Waals surface area (Å²) in [5, 5.41) is 10.4. The summed E-state index contributed by atoms with van der Waals surface area (Å²) in [6.45, 7) is -1.48. The van der Waals surface area contributed by atoms with Gasteiger partial charge in [0.25, 0.3) is 5.69 Å². The molecule has 100 valence electrons. The maximum Gasteiger partial charge on any atom is 0.476 e. The Morgan fingerprint density at radius 3 is 2.50 bits per heavy atom. The molecular formula is C10H13ClNO5P. The van der Waals surface area contributed by atoms with Crippen molar-refractivity contribution in [1.29, 1.82) is 0 Å². The van der Waals surface area contributed by atoms with Crippen LogP contribution in [-0.4, -0.2) is 11.5 Å². The molecule has 0 amide bonds. The molecule has 0 aliphatic carbocycles. The van der Waals surface area contributed by atoms with Gasteiger partial charge >= 0.3 is 6.95 Å². The van der Waals surface area contributed by atoms with Crippen molar-refractivity contribution in [2.24, 2.45) is 0 Å². The number of hydrogen-bond donors (Lipinski definition) is 0. The second-order valence-corrected chi connectivity index (χ2v) is 6.00. The molecule has 1 rings (SSSR count). The van der Waals surface area contributed by atoms with Crippen molar-refractivity contribution in [3.63, 3.8) is 0 Å². The number of benzene rings is 1. The molecule has 1 aromatic rings. The van der Waals surface area contributed by atoms with Crippen molar-refractivity contribution >= 4 is 23.9 Å². The number of nitrogens with zero attached hydrogens (tertiary/aromatic N) is 1. The highest BCUT2D eigenvalue weighted by atomic mass is 35.7. The minimum Gasteiger partial charge on any atom is -0.413 e. The second kappa shape index (κ2) is 6.73. The zero-order valence-electron chi connectivity index (χ0n) is 9.74. The molecule has 0 aliphatic rings. The number of nitro benzene ring substituents is 1. The topological polar surface area (TPSA) is 78.7 Å². The van der Waals surface area contributed by atoms with Crippen molar-refractivity contribution in [3.05, 3.63) is 34.4 Å². The van der Waals surface area contributed by atoms with Gasteiger partial charge in [-0.2, -0.15) is 0 Å². The summed E-state index contributed by atoms with van der Waals surface area (Å²) in [5.41, 5.74) is -0.0846. The molecule has 18 heavy (non-hydrogen) atoms. The lowest BCUT2D eigenvalue weighted by atomic mass is 10.3. The van der Waals surface area contributed by atoms with Crippen molar-refractivity contribution in [2.45, 2.75) is 19.8 Å². The third-order valence-corrected chi connectivity index (χ3v) is 3.43. The van der Waals surface area contributed by atoms with E-state index in [0.717, 1.165) is 12.8 Å². The predicted octanol–water partition coefficient (Wildman–Crippen LogP) is 4.14. The Bertz CT molecular complexity index is 450. The zero-order chi connectivity index (χ0) is 13.6. The number of rotatable bonds is 7. The van der Waals surface area contributed by atoms with Gasteiger partial charge in [-0.1, -0.05) is 13.3 Å². The van der Waals surface area contributed by atoms with Crippen LogP contribution in [0.1, 0.15) is 19.8 Å². The number of non-ortho nitro benzene ring substituents is 1. The summed E-state index contributed by atoms with van der Waals surface area (Å²) in [4.78, 5) is 9.89. The van der Waals surface area contributed by atoms with Crippen LogP contribution >= 0.6 is 18.2 Å². The molecule has 0 N–H and O–H groups in total. The van der Waals surface area contributed by atoms with Crippen LogP contribution in [0.5, 0.6) is 5.75 Å². The number of unbranched alkanes of at least 4 members (excludes halogenated alkanes) is 1. The molecule has 8 heteroatoms. The van der Waals surface area contributed by atoms with Crippen molar-refractivity contribution in [1.82, 2.24) is 0 Å². The number of nitro groups is 1. The fourth-order valence-electron chi connectivity index (χ4n) is 1.10. The van der Waals surface area contributed by atoms with Gasteiger partial charge in [0.1, 0.15) is 5.75 Å². The number of hydrogen-bond acceptors (Lipinski definition) is 5. The molecule has 0 heterocycles. The van der Waals surface area contributed by atoms with Gasteiger partial charge in [0, 0.05) is 23.4 Å². The van der Waals surface area contributed by atoms with Crippen LogP contribution in [0.4, 0.5) is 5.69 Å². The number of halogens is 1. The van der Waals surface area contributed by atoms with Gasteiger partial charge in [-0.25, -0.2) is 4.57 Å². The van der Waals surface area contributed by atoms with E-state index in [1.54, 1.807) is 0 Å². The Kier molecular flexibility index (Phi) is 5.59. The first-order valence-electron chi connectivity index (χ1n) is 5.33. The van der Waals surface area contributed by atoms with E-state index in [2.05, 4.69) is 0 Å². The minimum absolute atomic E-state index is 0.0846. The first-order chi connectivity index (χ1) is 8.44. The van der Waals surface area contributed by atoms with Crippen LogP contribution in [-0.2, 0) is 9.09 Å². The summed E-state index contributed by atoms with van der Waals surface area (Å²) >= 11 is 5.59. The van der Waals surface area contributed by atoms with Crippen LogP contribution < -0.4 is 4.52 Å². The van der Waals surface area contributed by atoms with Crippen molar-refractivity contribution in [2.75, 3.05) is 6.61 Å². The molecular weight excluding hydrogens is 281 g/mol. The Labute approximate surface area is 109 Å². The third-order valence-electron chi connectivity index (χ3n) is 2.01. The van der Waals surface area contributed by atoms with Crippen molar-refractivity contribution < 1.29 is 18.5 Å². The molecule has 1 aromatic carbocycles. The SMILES string of the molecule is CCCCOP(=O)(Cl)Oc1ccc([N+](=O)[O-])cc1. The van der Waals surface area contributed by atoms with E-state index >= 15 is 0 Å². The van der Waals surface area contributed by atoms with E-state index in [0.29, 0.717) is 0 Å². The first-order valence-corrected chi connectivity index (χ1v) is 7.77. The van der Waals surface area contributed by atoms with E-state index in [1.165, 1.54) is 24.3 Å². The normalized spacial score (nSPS) is 13.9. The van der Waals surface area contributed by atoms with Gasteiger partial charge in [-0.15, -0.1) is 0 Å². The Morgan fingerprint density at radius 1 is 1.39 bits per heavy atom. The summed E-state index contributed by atoms with van der Waals surface area (Å²) in [6, 6.07) is 5.10. The largest absolute Gasteiger partial charge is 0.476 e. The molecule has 0 saturated carbocycles. The maximum absolute atomic E-state index is 11.7. The molecule has 0 spiro atoms. The van der Waals surface area contributed by atoms with Gasteiger partial charge in [0.05, 0.1) is 11.5 Å². The van der Waals surface area contributed by atoms with Gasteiger partial charge < -0.3 is 4.52 Å². The average molecular weight is 294 g/mol. The summed E-state index contributed by atoms with van der Waals surface area (Å²) < 4.78 is 21.5. The van der Waals surface area contributed by atoms with Gasteiger partial charge in [0.15, 0.2) is 0 Å². The quantitative estimate of drug-likeness (QED) is 0.327. The highest BCUT2D eigenvalue weighted by Gasteiger charge is 2.22. The van der Waals surface area contributed by atoms with E-state index in [4.69, 9.17) is 20.3 Å². The van der Waals surface area contributed by atoms with Gasteiger partial charge in [-0.05, 0) is 18.6 Å². The molecule has 0 fully saturated rings. The van der Waals surface area contributed by atoms with Gasteiger partial charge in [0.2, 0.25) is 0 Å². The van der Waals surface area contributed by atoms with E-state index in [1.807, 2.05) is 6.92 Å². The second-order valence-electron chi connectivity index (χ2n) is 3.46. The predicted molar refractivity (Wildman–Crippen MR) is 68.0 cm³/mol.